The molecule has 19 heavy (non-hydrogen) atoms. The van der Waals surface area contributed by atoms with Crippen LogP contribution in [0.1, 0.15) is 13.8 Å². The fourth-order valence-corrected chi connectivity index (χ4v) is 1.32. The number of ether oxygens (including phenoxy) is 1. The lowest BCUT2D eigenvalue weighted by atomic mass is 10.2. The van der Waals surface area contributed by atoms with Crippen LogP contribution in [0.2, 0.25) is 0 Å². The highest BCUT2D eigenvalue weighted by Gasteiger charge is 2.11. The van der Waals surface area contributed by atoms with Crippen LogP contribution < -0.4 is 10.6 Å². The van der Waals surface area contributed by atoms with Crippen molar-refractivity contribution >= 4 is 29.1 Å². The summed E-state index contributed by atoms with van der Waals surface area (Å²) < 4.78 is 31.1. The molecule has 0 aromatic heterocycles. The van der Waals surface area contributed by atoms with Gasteiger partial charge in [0.25, 0.3) is 0 Å². The molecule has 0 spiro atoms. The maximum absolute atomic E-state index is 13.3. The molecule has 1 rings (SSSR count). The topological polar surface area (TPSA) is 50.4 Å². The zero-order valence-electron chi connectivity index (χ0n) is 10.5. The summed E-state index contributed by atoms with van der Waals surface area (Å²) in [5.41, 5.74) is -0.158. The van der Waals surface area contributed by atoms with Crippen molar-refractivity contribution < 1.29 is 18.3 Å². The highest BCUT2D eigenvalue weighted by molar-refractivity contribution is 7.80. The van der Waals surface area contributed by atoms with Crippen LogP contribution in [0.3, 0.4) is 0 Å². The van der Waals surface area contributed by atoms with Crippen molar-refractivity contribution in [1.29, 1.82) is 0 Å². The summed E-state index contributed by atoms with van der Waals surface area (Å²) in [6.45, 7) is 4.00. The highest BCUT2D eigenvalue weighted by atomic mass is 32.1. The molecule has 0 saturated carbocycles. The van der Waals surface area contributed by atoms with E-state index in [1.54, 1.807) is 0 Å². The van der Waals surface area contributed by atoms with Gasteiger partial charge in [-0.3, -0.25) is 5.32 Å². The Morgan fingerprint density at radius 3 is 2.74 bits per heavy atom. The number of carbonyl (C=O) groups excluding carboxylic acids is 1. The molecule has 1 aromatic carbocycles. The van der Waals surface area contributed by atoms with E-state index in [-0.39, 0.29) is 23.3 Å². The minimum absolute atomic E-state index is 0.158. The first-order valence-electron chi connectivity index (χ1n) is 5.59. The summed E-state index contributed by atoms with van der Waals surface area (Å²) >= 11 is 4.78. The minimum atomic E-state index is -1.07. The summed E-state index contributed by atoms with van der Waals surface area (Å²) in [4.78, 5) is 11.3. The van der Waals surface area contributed by atoms with Gasteiger partial charge in [0, 0.05) is 0 Å². The third-order valence-electron chi connectivity index (χ3n) is 1.96. The molecule has 0 bridgehead atoms. The molecular weight excluding hydrogens is 274 g/mol. The SMILES string of the molecule is CC(C)COC(=O)NC(=S)Nc1cccc(F)c1F. The van der Waals surface area contributed by atoms with Gasteiger partial charge in [-0.1, -0.05) is 19.9 Å². The summed E-state index contributed by atoms with van der Waals surface area (Å²) in [6, 6.07) is 3.60. The molecule has 1 aromatic rings. The van der Waals surface area contributed by atoms with Gasteiger partial charge in [0.1, 0.15) is 0 Å². The van der Waals surface area contributed by atoms with Gasteiger partial charge >= 0.3 is 6.09 Å². The van der Waals surface area contributed by atoms with E-state index in [4.69, 9.17) is 17.0 Å². The van der Waals surface area contributed by atoms with Gasteiger partial charge in [0.05, 0.1) is 12.3 Å². The number of amides is 1. The zero-order valence-corrected chi connectivity index (χ0v) is 11.3. The highest BCUT2D eigenvalue weighted by Crippen LogP contribution is 2.16. The van der Waals surface area contributed by atoms with Crippen molar-refractivity contribution in [3.63, 3.8) is 0 Å². The van der Waals surface area contributed by atoms with Gasteiger partial charge in [0.2, 0.25) is 0 Å². The second kappa shape index (κ2) is 6.98. The van der Waals surface area contributed by atoms with Crippen LogP contribution in [0.25, 0.3) is 0 Å². The van der Waals surface area contributed by atoms with Gasteiger partial charge in [-0.15, -0.1) is 0 Å². The first-order chi connectivity index (χ1) is 8.90. The van der Waals surface area contributed by atoms with Gasteiger partial charge in [0.15, 0.2) is 16.7 Å². The Labute approximate surface area is 115 Å². The van der Waals surface area contributed by atoms with Crippen molar-refractivity contribution in [2.45, 2.75) is 13.8 Å². The average molecular weight is 288 g/mol. The van der Waals surface area contributed by atoms with Crippen LogP contribution in [-0.4, -0.2) is 17.8 Å². The summed E-state index contributed by atoms with van der Waals surface area (Å²) in [6.07, 6.45) is -0.747. The van der Waals surface area contributed by atoms with E-state index in [1.165, 1.54) is 12.1 Å². The molecule has 0 fully saturated rings. The number of hydrogen-bond acceptors (Lipinski definition) is 3. The lowest BCUT2D eigenvalue weighted by Crippen LogP contribution is -2.35. The Morgan fingerprint density at radius 2 is 2.11 bits per heavy atom. The molecule has 4 nitrogen and oxygen atoms in total. The van der Waals surface area contributed by atoms with Crippen LogP contribution >= 0.6 is 12.2 Å². The normalized spacial score (nSPS) is 10.2. The Balaban J connectivity index is 2.51. The van der Waals surface area contributed by atoms with Crippen molar-refractivity contribution in [2.75, 3.05) is 11.9 Å². The van der Waals surface area contributed by atoms with Crippen molar-refractivity contribution in [3.8, 4) is 0 Å². The Bertz CT molecular complexity index is 481. The van der Waals surface area contributed by atoms with Gasteiger partial charge in [-0.05, 0) is 30.3 Å². The van der Waals surface area contributed by atoms with Crippen LogP contribution in [0.5, 0.6) is 0 Å². The molecular formula is C12H14F2N2O2S. The maximum atomic E-state index is 13.3. The molecule has 0 radical (unpaired) electrons. The Morgan fingerprint density at radius 1 is 1.42 bits per heavy atom. The first-order valence-corrected chi connectivity index (χ1v) is 5.99. The maximum Gasteiger partial charge on any atom is 0.413 e. The van der Waals surface area contributed by atoms with Crippen molar-refractivity contribution in [3.05, 3.63) is 29.8 Å². The molecule has 0 heterocycles. The molecule has 104 valence electrons. The number of alkyl carbamates (subject to hydrolysis) is 1. The molecule has 0 aliphatic carbocycles. The van der Waals surface area contributed by atoms with Crippen LogP contribution in [-0.2, 0) is 4.74 Å². The first kappa shape index (κ1) is 15.3. The van der Waals surface area contributed by atoms with E-state index in [1.807, 2.05) is 13.8 Å². The summed E-state index contributed by atoms with van der Waals surface area (Å²) in [7, 11) is 0. The van der Waals surface area contributed by atoms with Crippen molar-refractivity contribution in [2.24, 2.45) is 5.92 Å². The Hall–Kier alpha value is -1.76. The molecule has 0 atom stereocenters. The molecule has 1 amide bonds. The van der Waals surface area contributed by atoms with E-state index in [2.05, 4.69) is 10.6 Å². The number of carbonyl (C=O) groups is 1. The standard InChI is InChI=1S/C12H14F2N2O2S/c1-7(2)6-18-12(17)16-11(19)15-9-5-3-4-8(13)10(9)14/h3-5,7H,6H2,1-2H3,(H2,15,16,17,19). The monoisotopic (exact) mass is 288 g/mol. The van der Waals surface area contributed by atoms with Gasteiger partial charge < -0.3 is 10.1 Å². The Kier molecular flexibility index (Phi) is 5.62. The minimum Gasteiger partial charge on any atom is -0.449 e. The smallest absolute Gasteiger partial charge is 0.413 e. The largest absolute Gasteiger partial charge is 0.449 e. The third kappa shape index (κ3) is 5.17. The quantitative estimate of drug-likeness (QED) is 0.839. The number of hydrogen-bond donors (Lipinski definition) is 2. The summed E-state index contributed by atoms with van der Waals surface area (Å²) in [5, 5.41) is 4.41. The van der Waals surface area contributed by atoms with Crippen LogP contribution in [0.4, 0.5) is 19.3 Å². The van der Waals surface area contributed by atoms with E-state index in [0.29, 0.717) is 0 Å². The lowest BCUT2D eigenvalue weighted by Gasteiger charge is -2.11. The average Bonchev–Trinajstić information content (AvgIpc) is 2.32. The van der Waals surface area contributed by atoms with Gasteiger partial charge in [-0.25, -0.2) is 13.6 Å². The van der Waals surface area contributed by atoms with Crippen LogP contribution in [0.15, 0.2) is 18.2 Å². The number of benzene rings is 1. The molecule has 7 heteroatoms. The number of anilines is 1. The van der Waals surface area contributed by atoms with E-state index >= 15 is 0 Å². The van der Waals surface area contributed by atoms with Crippen LogP contribution in [0, 0.1) is 17.6 Å². The molecule has 0 unspecified atom stereocenters. The van der Waals surface area contributed by atoms with E-state index < -0.39 is 17.7 Å². The fraction of sp³-hybridized carbons (Fsp3) is 0.333. The second-order valence-corrected chi connectivity index (χ2v) is 4.58. The number of rotatable bonds is 3. The molecule has 2 N–H and O–H groups in total. The predicted molar refractivity (Wildman–Crippen MR) is 71.9 cm³/mol. The number of thiocarbonyl (C=S) groups is 1. The van der Waals surface area contributed by atoms with E-state index in [9.17, 15) is 13.6 Å². The number of halogens is 2. The van der Waals surface area contributed by atoms with Crippen molar-refractivity contribution in [1.82, 2.24) is 5.32 Å². The zero-order chi connectivity index (χ0) is 14.4. The summed E-state index contributed by atoms with van der Waals surface area (Å²) in [5.74, 6) is -1.88. The molecule has 0 aliphatic rings. The number of nitrogens with one attached hydrogen (secondary N) is 2. The third-order valence-corrected chi connectivity index (χ3v) is 2.17. The molecule has 0 saturated heterocycles. The van der Waals surface area contributed by atoms with E-state index in [0.717, 1.165) is 6.07 Å². The second-order valence-electron chi connectivity index (χ2n) is 4.17. The van der Waals surface area contributed by atoms with Gasteiger partial charge in [-0.2, -0.15) is 0 Å². The fourth-order valence-electron chi connectivity index (χ4n) is 1.13. The lowest BCUT2D eigenvalue weighted by molar-refractivity contribution is 0.138. The predicted octanol–water partition coefficient (Wildman–Crippen LogP) is 3.04. The molecule has 0 aliphatic heterocycles.